The normalized spacial score (nSPS) is 15.4. The lowest BCUT2D eigenvalue weighted by molar-refractivity contribution is -0.137. The number of carbonyl (C=O) groups excluding carboxylic acids is 3. The van der Waals surface area contributed by atoms with Gasteiger partial charge in [0.15, 0.2) is 0 Å². The fourth-order valence-corrected chi connectivity index (χ4v) is 4.00. The third kappa shape index (κ3) is 5.37. The minimum absolute atomic E-state index is 0.0160. The van der Waals surface area contributed by atoms with Crippen molar-refractivity contribution in [1.82, 2.24) is 4.90 Å². The summed E-state index contributed by atoms with van der Waals surface area (Å²) in [4.78, 5) is 37.9. The van der Waals surface area contributed by atoms with Gasteiger partial charge in [0, 0.05) is 10.0 Å². The number of amides is 3. The minimum atomic E-state index is -4.63. The fraction of sp³-hybridized carbons (Fsp3) is 0.150. The second kappa shape index (κ2) is 9.43. The summed E-state index contributed by atoms with van der Waals surface area (Å²) < 4.78 is 43.9. The summed E-state index contributed by atoms with van der Waals surface area (Å²) >= 11 is 12.5. The molecule has 6 nitrogen and oxygen atoms in total. The van der Waals surface area contributed by atoms with E-state index in [4.69, 9.17) is 27.9 Å². The van der Waals surface area contributed by atoms with Gasteiger partial charge in [-0.05, 0) is 53.7 Å². The SMILES string of the molecule is COc1ccc(C(F)(F)F)cc1NC(=O)CN1C(=O)S/C(=C\c2ccc(Cl)cc2Cl)C1=O. The lowest BCUT2D eigenvalue weighted by Gasteiger charge is -2.16. The Morgan fingerprint density at radius 1 is 1.19 bits per heavy atom. The highest BCUT2D eigenvalue weighted by atomic mass is 35.5. The highest BCUT2D eigenvalue weighted by Crippen LogP contribution is 2.36. The molecule has 1 aliphatic heterocycles. The Kier molecular flexibility index (Phi) is 7.06. The van der Waals surface area contributed by atoms with Gasteiger partial charge in [-0.15, -0.1) is 0 Å². The molecule has 168 valence electrons. The van der Waals surface area contributed by atoms with Crippen molar-refractivity contribution in [2.24, 2.45) is 0 Å². The summed E-state index contributed by atoms with van der Waals surface area (Å²) in [5.74, 6) is -1.63. The van der Waals surface area contributed by atoms with Crippen LogP contribution in [0.2, 0.25) is 10.0 Å². The number of thioether (sulfide) groups is 1. The van der Waals surface area contributed by atoms with E-state index >= 15 is 0 Å². The molecule has 0 unspecified atom stereocenters. The third-order valence-corrected chi connectivity index (χ3v) is 5.70. The van der Waals surface area contributed by atoms with Crippen molar-refractivity contribution in [1.29, 1.82) is 0 Å². The molecule has 3 amide bonds. The van der Waals surface area contributed by atoms with Gasteiger partial charge < -0.3 is 10.1 Å². The molecule has 0 atom stereocenters. The van der Waals surface area contributed by atoms with Crippen LogP contribution in [0.3, 0.4) is 0 Å². The molecule has 0 aromatic heterocycles. The molecule has 12 heteroatoms. The first-order valence-corrected chi connectivity index (χ1v) is 10.3. The first kappa shape index (κ1) is 24.0. The Labute approximate surface area is 194 Å². The predicted molar refractivity (Wildman–Crippen MR) is 116 cm³/mol. The third-order valence-electron chi connectivity index (χ3n) is 4.23. The van der Waals surface area contributed by atoms with Gasteiger partial charge in [-0.1, -0.05) is 29.3 Å². The molecule has 1 aliphatic rings. The standard InChI is InChI=1S/C20H13Cl2F3N2O4S/c1-31-15-5-3-11(20(23,24)25)7-14(15)26-17(28)9-27-18(29)16(32-19(27)30)6-10-2-4-12(21)8-13(10)22/h2-8H,9H2,1H3,(H,26,28)/b16-6-. The average molecular weight is 505 g/mol. The Morgan fingerprint density at radius 3 is 2.53 bits per heavy atom. The smallest absolute Gasteiger partial charge is 0.416 e. The molecule has 1 saturated heterocycles. The van der Waals surface area contributed by atoms with Crippen molar-refractivity contribution >= 4 is 63.8 Å². The number of hydrogen-bond donors (Lipinski definition) is 1. The zero-order valence-electron chi connectivity index (χ0n) is 16.1. The van der Waals surface area contributed by atoms with Crippen molar-refractivity contribution in [2.45, 2.75) is 6.18 Å². The number of anilines is 1. The van der Waals surface area contributed by atoms with Crippen LogP contribution in [0.25, 0.3) is 6.08 Å². The maximum Gasteiger partial charge on any atom is 0.416 e. The summed E-state index contributed by atoms with van der Waals surface area (Å²) in [6, 6.07) is 7.14. The van der Waals surface area contributed by atoms with Crippen LogP contribution in [0.1, 0.15) is 11.1 Å². The summed E-state index contributed by atoms with van der Waals surface area (Å²) in [6.45, 7) is -0.699. The molecular formula is C20H13Cl2F3N2O4S. The number of alkyl halides is 3. The van der Waals surface area contributed by atoms with Crippen LogP contribution < -0.4 is 10.1 Å². The number of carbonyl (C=O) groups is 3. The first-order chi connectivity index (χ1) is 15.0. The van der Waals surface area contributed by atoms with E-state index < -0.39 is 35.3 Å². The monoisotopic (exact) mass is 504 g/mol. The maximum absolute atomic E-state index is 13.0. The fourth-order valence-electron chi connectivity index (χ4n) is 2.71. The maximum atomic E-state index is 13.0. The number of hydrogen-bond acceptors (Lipinski definition) is 5. The molecule has 1 N–H and O–H groups in total. The van der Waals surface area contributed by atoms with Crippen LogP contribution in [0.15, 0.2) is 41.3 Å². The lowest BCUT2D eigenvalue weighted by atomic mass is 10.1. The second-order valence-electron chi connectivity index (χ2n) is 6.39. The zero-order chi connectivity index (χ0) is 23.6. The van der Waals surface area contributed by atoms with Gasteiger partial charge in [0.1, 0.15) is 12.3 Å². The van der Waals surface area contributed by atoms with Crippen LogP contribution in [-0.4, -0.2) is 35.6 Å². The molecule has 0 bridgehead atoms. The number of rotatable bonds is 5. The predicted octanol–water partition coefficient (Wildman–Crippen LogP) is 5.70. The van der Waals surface area contributed by atoms with Crippen LogP contribution in [0, 0.1) is 0 Å². The molecular weight excluding hydrogens is 492 g/mol. The number of benzene rings is 2. The van der Waals surface area contributed by atoms with Gasteiger partial charge in [0.05, 0.1) is 23.3 Å². The number of nitrogens with zero attached hydrogens (tertiary/aromatic N) is 1. The van der Waals surface area contributed by atoms with Crippen molar-refractivity contribution < 1.29 is 32.3 Å². The van der Waals surface area contributed by atoms with Gasteiger partial charge in [-0.3, -0.25) is 19.3 Å². The van der Waals surface area contributed by atoms with E-state index in [-0.39, 0.29) is 21.4 Å². The van der Waals surface area contributed by atoms with E-state index in [1.165, 1.54) is 19.3 Å². The largest absolute Gasteiger partial charge is 0.495 e. The number of halogens is 5. The number of methoxy groups -OCH3 is 1. The Hall–Kier alpha value is -2.69. The Morgan fingerprint density at radius 2 is 1.91 bits per heavy atom. The number of ether oxygens (including phenoxy) is 1. The molecule has 1 fully saturated rings. The average Bonchev–Trinajstić information content (AvgIpc) is 2.96. The Bertz CT molecular complexity index is 1140. The van der Waals surface area contributed by atoms with Gasteiger partial charge in [0.2, 0.25) is 5.91 Å². The van der Waals surface area contributed by atoms with Crippen LogP contribution in [0.5, 0.6) is 5.75 Å². The van der Waals surface area contributed by atoms with Crippen LogP contribution in [-0.2, 0) is 15.8 Å². The first-order valence-electron chi connectivity index (χ1n) is 8.75. The number of nitrogens with one attached hydrogen (secondary N) is 1. The molecule has 0 aliphatic carbocycles. The molecule has 1 heterocycles. The van der Waals surface area contributed by atoms with E-state index in [0.717, 1.165) is 12.1 Å². The van der Waals surface area contributed by atoms with Gasteiger partial charge in [-0.25, -0.2) is 0 Å². The van der Waals surface area contributed by atoms with Crippen molar-refractivity contribution in [2.75, 3.05) is 19.0 Å². The van der Waals surface area contributed by atoms with Crippen LogP contribution in [0.4, 0.5) is 23.7 Å². The van der Waals surface area contributed by atoms with Crippen molar-refractivity contribution in [3.05, 3.63) is 62.5 Å². The Balaban J connectivity index is 1.76. The van der Waals surface area contributed by atoms with E-state index in [9.17, 15) is 27.6 Å². The molecule has 32 heavy (non-hydrogen) atoms. The zero-order valence-corrected chi connectivity index (χ0v) is 18.5. The highest BCUT2D eigenvalue weighted by molar-refractivity contribution is 8.18. The molecule has 0 spiro atoms. The van der Waals surface area contributed by atoms with E-state index in [0.29, 0.717) is 33.3 Å². The van der Waals surface area contributed by atoms with E-state index in [1.807, 2.05) is 0 Å². The van der Waals surface area contributed by atoms with Gasteiger partial charge >= 0.3 is 6.18 Å². The van der Waals surface area contributed by atoms with E-state index in [1.54, 1.807) is 12.1 Å². The lowest BCUT2D eigenvalue weighted by Crippen LogP contribution is -2.36. The second-order valence-corrected chi connectivity index (χ2v) is 8.23. The van der Waals surface area contributed by atoms with Crippen molar-refractivity contribution in [3.8, 4) is 5.75 Å². The quantitative estimate of drug-likeness (QED) is 0.528. The highest BCUT2D eigenvalue weighted by Gasteiger charge is 2.37. The van der Waals surface area contributed by atoms with E-state index in [2.05, 4.69) is 5.32 Å². The van der Waals surface area contributed by atoms with Crippen LogP contribution >= 0.6 is 35.0 Å². The molecule has 0 radical (unpaired) electrons. The molecule has 2 aromatic rings. The molecule has 2 aromatic carbocycles. The minimum Gasteiger partial charge on any atom is -0.495 e. The molecule has 3 rings (SSSR count). The topological polar surface area (TPSA) is 75.7 Å². The van der Waals surface area contributed by atoms with Gasteiger partial charge in [0.25, 0.3) is 11.1 Å². The summed E-state index contributed by atoms with van der Waals surface area (Å²) in [7, 11) is 1.22. The van der Waals surface area contributed by atoms with Gasteiger partial charge in [-0.2, -0.15) is 13.2 Å². The summed E-state index contributed by atoms with van der Waals surface area (Å²) in [5.41, 5.74) is -0.801. The summed E-state index contributed by atoms with van der Waals surface area (Å²) in [5, 5.41) is 2.19. The molecule has 0 saturated carbocycles. The summed E-state index contributed by atoms with van der Waals surface area (Å²) in [6.07, 6.45) is -3.25. The van der Waals surface area contributed by atoms with Crippen molar-refractivity contribution in [3.63, 3.8) is 0 Å². The number of imide groups is 1.